The lowest BCUT2D eigenvalue weighted by Gasteiger charge is -2.09. The number of rotatable bonds is 8. The minimum absolute atomic E-state index is 0.116. The highest BCUT2D eigenvalue weighted by Crippen LogP contribution is 2.18. The number of nitrogens with zero attached hydrogens (tertiary/aromatic N) is 1. The Labute approximate surface area is 171 Å². The summed E-state index contributed by atoms with van der Waals surface area (Å²) in [5.41, 5.74) is 6.49. The number of benzene rings is 3. The monoisotopic (exact) mass is 388 g/mol. The Kier molecular flexibility index (Phi) is 7.00. The Morgan fingerprint density at radius 2 is 1.48 bits per heavy atom. The number of amides is 1. The van der Waals surface area contributed by atoms with Gasteiger partial charge >= 0.3 is 0 Å². The number of aryl methyl sites for hydroxylation is 1. The van der Waals surface area contributed by atoms with E-state index in [9.17, 15) is 4.79 Å². The largest absolute Gasteiger partial charge is 0.489 e. The van der Waals surface area contributed by atoms with Gasteiger partial charge in [0.05, 0.1) is 5.71 Å². The van der Waals surface area contributed by atoms with Gasteiger partial charge in [0.15, 0.2) is 6.61 Å². The van der Waals surface area contributed by atoms with Crippen LogP contribution in [0.25, 0.3) is 0 Å². The molecule has 0 unspecified atom stereocenters. The summed E-state index contributed by atoms with van der Waals surface area (Å²) in [4.78, 5) is 12.0. The lowest BCUT2D eigenvalue weighted by Crippen LogP contribution is -2.25. The van der Waals surface area contributed by atoms with Gasteiger partial charge in [-0.25, -0.2) is 5.43 Å². The van der Waals surface area contributed by atoms with E-state index in [1.54, 1.807) is 12.1 Å². The first-order chi connectivity index (χ1) is 14.1. The zero-order valence-corrected chi connectivity index (χ0v) is 16.6. The molecule has 148 valence electrons. The summed E-state index contributed by atoms with van der Waals surface area (Å²) in [6, 6.07) is 25.1. The highest BCUT2D eigenvalue weighted by Gasteiger charge is 2.04. The molecule has 5 heteroatoms. The van der Waals surface area contributed by atoms with Crippen LogP contribution in [0, 0.1) is 6.92 Å². The number of nitrogens with one attached hydrogen (secondary N) is 1. The van der Waals surface area contributed by atoms with E-state index in [2.05, 4.69) is 10.5 Å². The molecule has 1 N–H and O–H groups in total. The number of ether oxygens (including phenoxy) is 2. The van der Waals surface area contributed by atoms with Gasteiger partial charge in [0.2, 0.25) is 0 Å². The van der Waals surface area contributed by atoms with E-state index in [0.29, 0.717) is 12.4 Å². The molecule has 0 bridgehead atoms. The number of carbonyl (C=O) groups is 1. The minimum atomic E-state index is -0.319. The molecule has 0 aliphatic carbocycles. The highest BCUT2D eigenvalue weighted by atomic mass is 16.5. The Bertz CT molecular complexity index is 950. The fourth-order valence-electron chi connectivity index (χ4n) is 2.56. The molecular weight excluding hydrogens is 364 g/mol. The van der Waals surface area contributed by atoms with Crippen LogP contribution in [0.2, 0.25) is 0 Å². The van der Waals surface area contributed by atoms with E-state index in [4.69, 9.17) is 9.47 Å². The first kappa shape index (κ1) is 20.1. The molecule has 0 spiro atoms. The SMILES string of the molecule is C/C(=N/NC(=O)COc1ccc(OCc2ccccc2)cc1)c1ccc(C)cc1. The van der Waals surface area contributed by atoms with Crippen LogP contribution in [0.4, 0.5) is 0 Å². The van der Waals surface area contributed by atoms with E-state index in [-0.39, 0.29) is 12.5 Å². The molecule has 0 aliphatic heterocycles. The van der Waals surface area contributed by atoms with Crippen LogP contribution < -0.4 is 14.9 Å². The highest BCUT2D eigenvalue weighted by molar-refractivity contribution is 5.99. The normalized spacial score (nSPS) is 11.0. The average Bonchev–Trinajstić information content (AvgIpc) is 2.76. The van der Waals surface area contributed by atoms with Crippen molar-refractivity contribution < 1.29 is 14.3 Å². The van der Waals surface area contributed by atoms with Gasteiger partial charge < -0.3 is 9.47 Å². The Morgan fingerprint density at radius 3 is 2.14 bits per heavy atom. The van der Waals surface area contributed by atoms with E-state index in [1.165, 1.54) is 5.56 Å². The number of hydrogen-bond acceptors (Lipinski definition) is 4. The summed E-state index contributed by atoms with van der Waals surface area (Å²) in [5, 5.41) is 4.12. The maximum atomic E-state index is 12.0. The second-order valence-electron chi connectivity index (χ2n) is 6.63. The quantitative estimate of drug-likeness (QED) is 0.457. The van der Waals surface area contributed by atoms with Crippen molar-refractivity contribution >= 4 is 11.6 Å². The number of carbonyl (C=O) groups excluding carboxylic acids is 1. The van der Waals surface area contributed by atoms with Crippen LogP contribution in [0.5, 0.6) is 11.5 Å². The molecule has 29 heavy (non-hydrogen) atoms. The van der Waals surface area contributed by atoms with Gasteiger partial charge in [-0.3, -0.25) is 4.79 Å². The predicted octanol–water partition coefficient (Wildman–Crippen LogP) is 4.49. The van der Waals surface area contributed by atoms with Crippen molar-refractivity contribution in [1.82, 2.24) is 5.43 Å². The van der Waals surface area contributed by atoms with Crippen LogP contribution in [0.1, 0.15) is 23.6 Å². The molecule has 0 heterocycles. The molecule has 0 aliphatic rings. The predicted molar refractivity (Wildman–Crippen MR) is 114 cm³/mol. The molecule has 3 aromatic rings. The Hall–Kier alpha value is -3.60. The van der Waals surface area contributed by atoms with Gasteiger partial charge in [-0.1, -0.05) is 60.2 Å². The van der Waals surface area contributed by atoms with Crippen molar-refractivity contribution in [3.8, 4) is 11.5 Å². The van der Waals surface area contributed by atoms with Gasteiger partial charge in [0.1, 0.15) is 18.1 Å². The Balaban J connectivity index is 1.43. The topological polar surface area (TPSA) is 59.9 Å². The van der Waals surface area contributed by atoms with Crippen molar-refractivity contribution in [1.29, 1.82) is 0 Å². The van der Waals surface area contributed by atoms with Gasteiger partial charge in [-0.2, -0.15) is 5.10 Å². The van der Waals surface area contributed by atoms with Gasteiger partial charge in [0, 0.05) is 0 Å². The third kappa shape index (κ3) is 6.50. The summed E-state index contributed by atoms with van der Waals surface area (Å²) in [7, 11) is 0. The third-order valence-corrected chi connectivity index (χ3v) is 4.26. The molecule has 3 rings (SSSR count). The van der Waals surface area contributed by atoms with Crippen LogP contribution >= 0.6 is 0 Å². The maximum Gasteiger partial charge on any atom is 0.277 e. The molecule has 1 amide bonds. The number of hydrogen-bond donors (Lipinski definition) is 1. The zero-order chi connectivity index (χ0) is 20.5. The first-order valence-corrected chi connectivity index (χ1v) is 9.40. The van der Waals surface area contributed by atoms with E-state index >= 15 is 0 Å². The summed E-state index contributed by atoms with van der Waals surface area (Å²) < 4.78 is 11.2. The first-order valence-electron chi connectivity index (χ1n) is 9.40. The van der Waals surface area contributed by atoms with Crippen molar-refractivity contribution in [2.45, 2.75) is 20.5 Å². The number of hydrazone groups is 1. The lowest BCUT2D eigenvalue weighted by molar-refractivity contribution is -0.123. The molecular formula is C24H24N2O3. The van der Waals surface area contributed by atoms with E-state index < -0.39 is 0 Å². The maximum absolute atomic E-state index is 12.0. The minimum Gasteiger partial charge on any atom is -0.489 e. The average molecular weight is 388 g/mol. The zero-order valence-electron chi connectivity index (χ0n) is 16.6. The van der Waals surface area contributed by atoms with E-state index in [0.717, 1.165) is 22.6 Å². The smallest absolute Gasteiger partial charge is 0.277 e. The van der Waals surface area contributed by atoms with Gasteiger partial charge in [0.25, 0.3) is 5.91 Å². The summed E-state index contributed by atoms with van der Waals surface area (Å²) in [5.74, 6) is 1.01. The van der Waals surface area contributed by atoms with Crippen LogP contribution in [-0.4, -0.2) is 18.2 Å². The van der Waals surface area contributed by atoms with Crippen LogP contribution in [0.15, 0.2) is 84.0 Å². The molecule has 5 nitrogen and oxygen atoms in total. The fraction of sp³-hybridized carbons (Fsp3) is 0.167. The standard InChI is InChI=1S/C24H24N2O3/c1-18-8-10-21(11-9-18)19(2)25-26-24(27)17-29-23-14-12-22(13-15-23)28-16-20-6-4-3-5-7-20/h3-15H,16-17H2,1-2H3,(H,26,27)/b25-19-. The van der Waals surface area contributed by atoms with Crippen LogP contribution in [-0.2, 0) is 11.4 Å². The summed E-state index contributed by atoms with van der Waals surface area (Å²) in [6.07, 6.45) is 0. The molecule has 3 aromatic carbocycles. The van der Waals surface area contributed by atoms with Crippen molar-refractivity contribution in [2.75, 3.05) is 6.61 Å². The molecule has 0 fully saturated rings. The van der Waals surface area contributed by atoms with Crippen molar-refractivity contribution in [2.24, 2.45) is 5.10 Å². The van der Waals surface area contributed by atoms with Crippen LogP contribution in [0.3, 0.4) is 0 Å². The van der Waals surface area contributed by atoms with Crippen molar-refractivity contribution in [3.63, 3.8) is 0 Å². The van der Waals surface area contributed by atoms with Gasteiger partial charge in [-0.15, -0.1) is 0 Å². The summed E-state index contributed by atoms with van der Waals surface area (Å²) in [6.45, 7) is 4.26. The molecule has 0 saturated heterocycles. The molecule has 0 saturated carbocycles. The summed E-state index contributed by atoms with van der Waals surface area (Å²) >= 11 is 0. The third-order valence-electron chi connectivity index (χ3n) is 4.26. The van der Waals surface area contributed by atoms with Crippen molar-refractivity contribution in [3.05, 3.63) is 95.6 Å². The van der Waals surface area contributed by atoms with E-state index in [1.807, 2.05) is 80.6 Å². The fourth-order valence-corrected chi connectivity index (χ4v) is 2.56. The Morgan fingerprint density at radius 1 is 0.862 bits per heavy atom. The second kappa shape index (κ2) is 10.1. The molecule has 0 radical (unpaired) electrons. The lowest BCUT2D eigenvalue weighted by atomic mass is 10.1. The second-order valence-corrected chi connectivity index (χ2v) is 6.63. The van der Waals surface area contributed by atoms with Gasteiger partial charge in [-0.05, 0) is 49.2 Å². The molecule has 0 atom stereocenters. The molecule has 0 aromatic heterocycles.